The smallest absolute Gasteiger partial charge is 0.262 e. The summed E-state index contributed by atoms with van der Waals surface area (Å²) in [5, 5.41) is 5.65. The number of methoxy groups -OCH3 is 1. The van der Waals surface area contributed by atoms with E-state index in [2.05, 4.69) is 10.6 Å². The summed E-state index contributed by atoms with van der Waals surface area (Å²) in [6.07, 6.45) is 0. The van der Waals surface area contributed by atoms with Gasteiger partial charge in [0.25, 0.3) is 5.91 Å². The molecule has 1 fully saturated rings. The van der Waals surface area contributed by atoms with Crippen LogP contribution in [-0.2, 0) is 9.59 Å². The predicted molar refractivity (Wildman–Crippen MR) is 98.8 cm³/mol. The zero-order valence-corrected chi connectivity index (χ0v) is 14.5. The first-order valence-electron chi connectivity index (χ1n) is 8.33. The highest BCUT2D eigenvalue weighted by Gasteiger charge is 2.19. The Hall–Kier alpha value is -3.22. The van der Waals surface area contributed by atoms with Gasteiger partial charge in [0.2, 0.25) is 5.91 Å². The summed E-state index contributed by atoms with van der Waals surface area (Å²) in [4.78, 5) is 25.8. The lowest BCUT2D eigenvalue weighted by molar-refractivity contribution is -0.120. The molecule has 2 amide bonds. The van der Waals surface area contributed by atoms with E-state index in [1.54, 1.807) is 31.4 Å². The first-order valence-corrected chi connectivity index (χ1v) is 8.33. The Kier molecular flexibility index (Phi) is 5.58. The predicted octanol–water partition coefficient (Wildman–Crippen LogP) is 1.65. The van der Waals surface area contributed by atoms with E-state index in [4.69, 9.17) is 9.47 Å². The van der Waals surface area contributed by atoms with E-state index in [9.17, 15) is 9.59 Å². The second kappa shape index (κ2) is 8.24. The summed E-state index contributed by atoms with van der Waals surface area (Å²) in [6, 6.07) is 14.4. The molecule has 0 unspecified atom stereocenters. The normalized spacial score (nSPS) is 13.7. The third-order valence-electron chi connectivity index (χ3n) is 3.99. The highest BCUT2D eigenvalue weighted by Crippen LogP contribution is 2.26. The minimum Gasteiger partial charge on any atom is -0.497 e. The molecule has 1 aliphatic rings. The van der Waals surface area contributed by atoms with Gasteiger partial charge >= 0.3 is 0 Å². The molecule has 0 aromatic heterocycles. The molecule has 0 spiro atoms. The highest BCUT2D eigenvalue weighted by atomic mass is 16.5. The SMILES string of the molecule is COc1ccc(OCC(=O)Nc2ccccc2N2CCNC(=O)C2)cc1. The quantitative estimate of drug-likeness (QED) is 0.824. The maximum Gasteiger partial charge on any atom is 0.262 e. The number of rotatable bonds is 6. The van der Waals surface area contributed by atoms with Crippen LogP contribution in [0.5, 0.6) is 11.5 Å². The van der Waals surface area contributed by atoms with E-state index < -0.39 is 0 Å². The number of amides is 2. The molecule has 7 nitrogen and oxygen atoms in total. The molecule has 7 heteroatoms. The van der Waals surface area contributed by atoms with Crippen LogP contribution in [0.25, 0.3) is 0 Å². The van der Waals surface area contributed by atoms with Crippen molar-refractivity contribution in [1.29, 1.82) is 0 Å². The molecule has 26 heavy (non-hydrogen) atoms. The van der Waals surface area contributed by atoms with E-state index in [1.807, 2.05) is 29.2 Å². The van der Waals surface area contributed by atoms with Crippen molar-refractivity contribution >= 4 is 23.2 Å². The highest BCUT2D eigenvalue weighted by molar-refractivity contribution is 5.96. The van der Waals surface area contributed by atoms with Gasteiger partial charge in [-0.2, -0.15) is 0 Å². The number of carbonyl (C=O) groups is 2. The van der Waals surface area contributed by atoms with Crippen LogP contribution >= 0.6 is 0 Å². The Morgan fingerprint density at radius 2 is 1.88 bits per heavy atom. The molecule has 1 aliphatic heterocycles. The zero-order chi connectivity index (χ0) is 18.4. The Morgan fingerprint density at radius 3 is 2.62 bits per heavy atom. The molecule has 0 bridgehead atoms. The number of para-hydroxylation sites is 2. The minimum absolute atomic E-state index is 0.0276. The lowest BCUT2D eigenvalue weighted by Crippen LogP contribution is -2.48. The van der Waals surface area contributed by atoms with Gasteiger partial charge in [-0.15, -0.1) is 0 Å². The third-order valence-corrected chi connectivity index (χ3v) is 3.99. The van der Waals surface area contributed by atoms with Crippen LogP contribution in [0.2, 0.25) is 0 Å². The summed E-state index contributed by atoms with van der Waals surface area (Å²) >= 11 is 0. The van der Waals surface area contributed by atoms with Gasteiger partial charge in [0.1, 0.15) is 11.5 Å². The molecule has 0 radical (unpaired) electrons. The number of anilines is 2. The second-order valence-corrected chi connectivity index (χ2v) is 5.80. The molecule has 0 saturated carbocycles. The lowest BCUT2D eigenvalue weighted by atomic mass is 10.2. The number of hydrogen-bond acceptors (Lipinski definition) is 5. The summed E-state index contributed by atoms with van der Waals surface area (Å²) < 4.78 is 10.6. The van der Waals surface area contributed by atoms with Crippen molar-refractivity contribution in [3.05, 3.63) is 48.5 Å². The maximum absolute atomic E-state index is 12.2. The van der Waals surface area contributed by atoms with Crippen molar-refractivity contribution in [2.75, 3.05) is 43.6 Å². The first kappa shape index (κ1) is 17.6. The molecule has 1 saturated heterocycles. The van der Waals surface area contributed by atoms with Crippen molar-refractivity contribution in [3.63, 3.8) is 0 Å². The molecule has 3 rings (SSSR count). The fraction of sp³-hybridized carbons (Fsp3) is 0.263. The number of piperazine rings is 1. The van der Waals surface area contributed by atoms with Crippen molar-refractivity contribution in [3.8, 4) is 11.5 Å². The van der Waals surface area contributed by atoms with E-state index in [0.717, 1.165) is 11.4 Å². The number of carbonyl (C=O) groups excluding carboxylic acids is 2. The number of hydrogen-bond donors (Lipinski definition) is 2. The molecule has 1 heterocycles. The Morgan fingerprint density at radius 1 is 1.15 bits per heavy atom. The Balaban J connectivity index is 1.61. The van der Waals surface area contributed by atoms with Crippen LogP contribution in [0.1, 0.15) is 0 Å². The van der Waals surface area contributed by atoms with Crippen molar-refractivity contribution in [2.45, 2.75) is 0 Å². The van der Waals surface area contributed by atoms with Crippen molar-refractivity contribution < 1.29 is 19.1 Å². The van der Waals surface area contributed by atoms with Crippen LogP contribution in [0.15, 0.2) is 48.5 Å². The van der Waals surface area contributed by atoms with Gasteiger partial charge in [-0.05, 0) is 36.4 Å². The van der Waals surface area contributed by atoms with E-state index >= 15 is 0 Å². The van der Waals surface area contributed by atoms with E-state index in [-0.39, 0.29) is 25.0 Å². The van der Waals surface area contributed by atoms with Gasteiger partial charge < -0.3 is 25.0 Å². The van der Waals surface area contributed by atoms with Crippen molar-refractivity contribution in [1.82, 2.24) is 5.32 Å². The largest absolute Gasteiger partial charge is 0.497 e. The van der Waals surface area contributed by atoms with Crippen LogP contribution in [0, 0.1) is 0 Å². The molecule has 136 valence electrons. The fourth-order valence-electron chi connectivity index (χ4n) is 2.71. The monoisotopic (exact) mass is 355 g/mol. The van der Waals surface area contributed by atoms with Crippen LogP contribution < -0.4 is 25.0 Å². The maximum atomic E-state index is 12.2. The number of nitrogens with one attached hydrogen (secondary N) is 2. The first-order chi connectivity index (χ1) is 12.7. The number of nitrogens with zero attached hydrogens (tertiary/aromatic N) is 1. The van der Waals surface area contributed by atoms with Gasteiger partial charge in [-0.3, -0.25) is 9.59 Å². The summed E-state index contributed by atoms with van der Waals surface area (Å²) in [6.45, 7) is 1.44. The van der Waals surface area contributed by atoms with Crippen LogP contribution in [0.3, 0.4) is 0 Å². The average Bonchev–Trinajstić information content (AvgIpc) is 2.67. The van der Waals surface area contributed by atoms with Gasteiger partial charge in [-0.1, -0.05) is 12.1 Å². The third kappa shape index (κ3) is 4.44. The number of benzene rings is 2. The van der Waals surface area contributed by atoms with Gasteiger partial charge in [0.05, 0.1) is 25.0 Å². The van der Waals surface area contributed by atoms with Crippen LogP contribution in [0.4, 0.5) is 11.4 Å². The second-order valence-electron chi connectivity index (χ2n) is 5.80. The molecule has 2 aromatic carbocycles. The van der Waals surface area contributed by atoms with Crippen molar-refractivity contribution in [2.24, 2.45) is 0 Å². The topological polar surface area (TPSA) is 79.9 Å². The molecule has 0 aliphatic carbocycles. The van der Waals surface area contributed by atoms with E-state index in [0.29, 0.717) is 24.5 Å². The Labute approximate surface area is 151 Å². The summed E-state index contributed by atoms with van der Waals surface area (Å²) in [7, 11) is 1.59. The van der Waals surface area contributed by atoms with Crippen LogP contribution in [-0.4, -0.2) is 45.2 Å². The molecular weight excluding hydrogens is 334 g/mol. The minimum atomic E-state index is -0.269. The fourth-order valence-corrected chi connectivity index (χ4v) is 2.71. The Bertz CT molecular complexity index is 777. The summed E-state index contributed by atoms with van der Waals surface area (Å²) in [5.74, 6) is 1.01. The molecular formula is C19H21N3O4. The van der Waals surface area contributed by atoms with E-state index in [1.165, 1.54) is 0 Å². The zero-order valence-electron chi connectivity index (χ0n) is 14.5. The molecule has 2 aromatic rings. The number of ether oxygens (including phenoxy) is 2. The standard InChI is InChI=1S/C19H21N3O4/c1-25-14-6-8-15(9-7-14)26-13-19(24)21-16-4-2-3-5-17(16)22-11-10-20-18(23)12-22/h2-9H,10-13H2,1H3,(H,20,23)(H,21,24). The van der Waals surface area contributed by atoms with Gasteiger partial charge in [-0.25, -0.2) is 0 Å². The lowest BCUT2D eigenvalue weighted by Gasteiger charge is -2.30. The van der Waals surface area contributed by atoms with Gasteiger partial charge in [0, 0.05) is 13.1 Å². The van der Waals surface area contributed by atoms with Gasteiger partial charge in [0.15, 0.2) is 6.61 Å². The molecule has 0 atom stereocenters. The average molecular weight is 355 g/mol. The molecule has 2 N–H and O–H groups in total. The summed E-state index contributed by atoms with van der Waals surface area (Å²) in [5.41, 5.74) is 1.48.